The molecule has 0 unspecified atom stereocenters. The van der Waals surface area contributed by atoms with E-state index in [0.717, 1.165) is 12.8 Å². The summed E-state index contributed by atoms with van der Waals surface area (Å²) in [4.78, 5) is 6.23. The standard InChI is InChI=1S/C16H14ClN3S/c1-10(20-9-12(17)8-18-20)6-15-19-16-13-5-3-2-4-11(13)7-14(16)21-15/h2-5,8-10H,6-7H2,1H3/t10-/m1/s1. The van der Waals surface area contributed by atoms with E-state index in [-0.39, 0.29) is 6.04 Å². The Bertz CT molecular complexity index is 805. The van der Waals surface area contributed by atoms with Gasteiger partial charge in [-0.2, -0.15) is 5.10 Å². The van der Waals surface area contributed by atoms with Gasteiger partial charge in [-0.05, 0) is 12.5 Å². The molecule has 0 radical (unpaired) electrons. The maximum Gasteiger partial charge on any atom is 0.0956 e. The fourth-order valence-corrected chi connectivity index (χ4v) is 4.17. The van der Waals surface area contributed by atoms with E-state index in [1.807, 2.05) is 22.2 Å². The van der Waals surface area contributed by atoms with E-state index in [1.165, 1.54) is 26.7 Å². The van der Waals surface area contributed by atoms with Crippen LogP contribution >= 0.6 is 22.9 Å². The molecule has 0 saturated carbocycles. The molecule has 1 atom stereocenters. The fourth-order valence-electron chi connectivity index (χ4n) is 2.80. The van der Waals surface area contributed by atoms with E-state index in [4.69, 9.17) is 16.6 Å². The van der Waals surface area contributed by atoms with Gasteiger partial charge in [-0.1, -0.05) is 35.9 Å². The fraction of sp³-hybridized carbons (Fsp3) is 0.250. The van der Waals surface area contributed by atoms with Crippen LogP contribution in [0.25, 0.3) is 11.3 Å². The largest absolute Gasteiger partial charge is 0.268 e. The second-order valence-corrected chi connectivity index (χ2v) is 7.01. The van der Waals surface area contributed by atoms with E-state index in [1.54, 1.807) is 6.20 Å². The molecule has 3 aromatic rings. The molecule has 2 heterocycles. The van der Waals surface area contributed by atoms with Gasteiger partial charge in [0.15, 0.2) is 0 Å². The number of benzene rings is 1. The average molecular weight is 316 g/mol. The van der Waals surface area contributed by atoms with Gasteiger partial charge in [0.05, 0.1) is 28.0 Å². The molecule has 5 heteroatoms. The van der Waals surface area contributed by atoms with E-state index in [9.17, 15) is 0 Å². The van der Waals surface area contributed by atoms with Crippen molar-refractivity contribution in [3.63, 3.8) is 0 Å². The summed E-state index contributed by atoms with van der Waals surface area (Å²) < 4.78 is 1.91. The minimum atomic E-state index is 0.263. The Morgan fingerprint density at radius 1 is 1.38 bits per heavy atom. The van der Waals surface area contributed by atoms with Crippen LogP contribution in [-0.2, 0) is 12.8 Å². The lowest BCUT2D eigenvalue weighted by Gasteiger charge is -2.09. The number of hydrogen-bond acceptors (Lipinski definition) is 3. The van der Waals surface area contributed by atoms with Crippen LogP contribution in [-0.4, -0.2) is 14.8 Å². The van der Waals surface area contributed by atoms with Crippen LogP contribution in [0.5, 0.6) is 0 Å². The topological polar surface area (TPSA) is 30.7 Å². The van der Waals surface area contributed by atoms with Gasteiger partial charge >= 0.3 is 0 Å². The lowest BCUT2D eigenvalue weighted by molar-refractivity contribution is 0.488. The van der Waals surface area contributed by atoms with Crippen LogP contribution in [0.2, 0.25) is 5.02 Å². The van der Waals surface area contributed by atoms with Crippen LogP contribution in [0.1, 0.15) is 28.4 Å². The van der Waals surface area contributed by atoms with Crippen LogP contribution in [0.15, 0.2) is 36.7 Å². The molecular weight excluding hydrogens is 302 g/mol. The minimum Gasteiger partial charge on any atom is -0.268 e. The van der Waals surface area contributed by atoms with Crippen molar-refractivity contribution in [3.8, 4) is 11.3 Å². The SMILES string of the molecule is C[C@H](Cc1nc2c(s1)Cc1ccccc1-2)n1cc(Cl)cn1. The van der Waals surface area contributed by atoms with Crippen molar-refractivity contribution in [3.05, 3.63) is 57.1 Å². The third-order valence-electron chi connectivity index (χ3n) is 3.86. The molecule has 2 aromatic heterocycles. The summed E-state index contributed by atoms with van der Waals surface area (Å²) in [7, 11) is 0. The summed E-state index contributed by atoms with van der Waals surface area (Å²) in [5.41, 5.74) is 3.87. The normalized spacial score (nSPS) is 14.0. The average Bonchev–Trinajstić information content (AvgIpc) is 3.12. The van der Waals surface area contributed by atoms with E-state index in [0.29, 0.717) is 5.02 Å². The number of halogens is 1. The Labute approximate surface area is 132 Å². The van der Waals surface area contributed by atoms with Gasteiger partial charge in [0.2, 0.25) is 0 Å². The summed E-state index contributed by atoms with van der Waals surface area (Å²) in [5.74, 6) is 0. The monoisotopic (exact) mass is 315 g/mol. The molecule has 0 aliphatic heterocycles. The highest BCUT2D eigenvalue weighted by Gasteiger charge is 2.23. The summed E-state index contributed by atoms with van der Waals surface area (Å²) in [6.45, 7) is 2.14. The van der Waals surface area contributed by atoms with Crippen molar-refractivity contribution in [2.75, 3.05) is 0 Å². The molecule has 0 spiro atoms. The smallest absolute Gasteiger partial charge is 0.0956 e. The molecule has 3 nitrogen and oxygen atoms in total. The van der Waals surface area contributed by atoms with Crippen LogP contribution in [0.4, 0.5) is 0 Å². The van der Waals surface area contributed by atoms with Gasteiger partial charge in [0.25, 0.3) is 0 Å². The Hall–Kier alpha value is -1.65. The zero-order chi connectivity index (χ0) is 14.4. The van der Waals surface area contributed by atoms with Crippen molar-refractivity contribution in [1.82, 2.24) is 14.8 Å². The predicted molar refractivity (Wildman–Crippen MR) is 86.0 cm³/mol. The highest BCUT2D eigenvalue weighted by molar-refractivity contribution is 7.12. The molecule has 0 fully saturated rings. The van der Waals surface area contributed by atoms with Gasteiger partial charge in [-0.3, -0.25) is 4.68 Å². The van der Waals surface area contributed by atoms with Crippen molar-refractivity contribution in [2.24, 2.45) is 0 Å². The lowest BCUT2D eigenvalue weighted by atomic mass is 10.1. The van der Waals surface area contributed by atoms with Crippen LogP contribution in [0, 0.1) is 0 Å². The molecule has 0 bridgehead atoms. The van der Waals surface area contributed by atoms with Gasteiger partial charge < -0.3 is 0 Å². The third kappa shape index (κ3) is 2.28. The maximum atomic E-state index is 5.93. The lowest BCUT2D eigenvalue weighted by Crippen LogP contribution is -2.08. The summed E-state index contributed by atoms with van der Waals surface area (Å²) >= 11 is 7.75. The summed E-state index contributed by atoms with van der Waals surface area (Å²) in [6.07, 6.45) is 5.45. The zero-order valence-corrected chi connectivity index (χ0v) is 13.2. The molecule has 21 heavy (non-hydrogen) atoms. The molecule has 1 aliphatic rings. The molecule has 4 rings (SSSR count). The minimum absolute atomic E-state index is 0.263. The molecule has 0 N–H and O–H groups in total. The Morgan fingerprint density at radius 3 is 3.05 bits per heavy atom. The van der Waals surface area contributed by atoms with Crippen LogP contribution in [0.3, 0.4) is 0 Å². The highest BCUT2D eigenvalue weighted by Crippen LogP contribution is 2.39. The van der Waals surface area contributed by atoms with E-state index >= 15 is 0 Å². The van der Waals surface area contributed by atoms with Crippen molar-refractivity contribution < 1.29 is 0 Å². The Balaban J connectivity index is 1.59. The first-order chi connectivity index (χ1) is 10.2. The first kappa shape index (κ1) is 13.0. The number of fused-ring (bicyclic) bond motifs is 3. The van der Waals surface area contributed by atoms with Crippen molar-refractivity contribution >= 4 is 22.9 Å². The number of rotatable bonds is 3. The number of thiazole rings is 1. The van der Waals surface area contributed by atoms with Crippen molar-refractivity contribution in [1.29, 1.82) is 0 Å². The second kappa shape index (κ2) is 4.97. The number of nitrogens with zero attached hydrogens (tertiary/aromatic N) is 3. The molecule has 0 saturated heterocycles. The van der Waals surface area contributed by atoms with E-state index in [2.05, 4.69) is 36.3 Å². The molecule has 1 aliphatic carbocycles. The number of hydrogen-bond donors (Lipinski definition) is 0. The zero-order valence-electron chi connectivity index (χ0n) is 11.6. The summed E-state index contributed by atoms with van der Waals surface area (Å²) in [5, 5.41) is 6.13. The summed E-state index contributed by atoms with van der Waals surface area (Å²) in [6, 6.07) is 8.80. The quantitative estimate of drug-likeness (QED) is 0.562. The van der Waals surface area contributed by atoms with Crippen molar-refractivity contribution in [2.45, 2.75) is 25.8 Å². The first-order valence-corrected chi connectivity index (χ1v) is 8.16. The first-order valence-electron chi connectivity index (χ1n) is 6.97. The third-order valence-corrected chi connectivity index (χ3v) is 5.13. The van der Waals surface area contributed by atoms with Gasteiger partial charge in [0.1, 0.15) is 0 Å². The van der Waals surface area contributed by atoms with Gasteiger partial charge in [0, 0.05) is 29.5 Å². The molecule has 0 amide bonds. The Kier molecular flexibility index (Phi) is 3.08. The Morgan fingerprint density at radius 2 is 2.24 bits per heavy atom. The van der Waals surface area contributed by atoms with Gasteiger partial charge in [-0.15, -0.1) is 11.3 Å². The predicted octanol–water partition coefficient (Wildman–Crippen LogP) is 4.37. The molecular formula is C16H14ClN3S. The van der Waals surface area contributed by atoms with Crippen LogP contribution < -0.4 is 0 Å². The maximum absolute atomic E-state index is 5.93. The second-order valence-electron chi connectivity index (χ2n) is 5.41. The molecule has 1 aromatic carbocycles. The highest BCUT2D eigenvalue weighted by atomic mass is 35.5. The number of aromatic nitrogens is 3. The van der Waals surface area contributed by atoms with E-state index < -0.39 is 0 Å². The van der Waals surface area contributed by atoms with Gasteiger partial charge in [-0.25, -0.2) is 4.98 Å². The molecule has 106 valence electrons.